The lowest BCUT2D eigenvalue weighted by Gasteiger charge is -2.07. The maximum absolute atomic E-state index is 5.97. The van der Waals surface area contributed by atoms with Crippen molar-refractivity contribution in [2.75, 3.05) is 12.4 Å². The zero-order valence-electron chi connectivity index (χ0n) is 7.51. The Balaban J connectivity index is 2.13. The molecule has 0 aliphatic heterocycles. The molecule has 1 aliphatic carbocycles. The Morgan fingerprint density at radius 3 is 2.77 bits per heavy atom. The van der Waals surface area contributed by atoms with Crippen molar-refractivity contribution in [1.29, 1.82) is 0 Å². The Kier molecular flexibility index (Phi) is 2.32. The summed E-state index contributed by atoms with van der Waals surface area (Å²) in [5, 5.41) is 4.03. The third-order valence-electron chi connectivity index (χ3n) is 2.10. The molecule has 0 heterocycles. The fourth-order valence-electron chi connectivity index (χ4n) is 1.22. The van der Waals surface area contributed by atoms with Gasteiger partial charge in [0, 0.05) is 11.7 Å². The van der Waals surface area contributed by atoms with Gasteiger partial charge in [0.25, 0.3) is 0 Å². The Bertz CT molecular complexity index is 310. The summed E-state index contributed by atoms with van der Waals surface area (Å²) in [7, 11) is 1.62. The monoisotopic (exact) mass is 197 g/mol. The van der Waals surface area contributed by atoms with Gasteiger partial charge in [0.05, 0.1) is 12.1 Å². The third kappa shape index (κ3) is 2.07. The first-order chi connectivity index (χ1) is 6.29. The highest BCUT2D eigenvalue weighted by atomic mass is 35.5. The van der Waals surface area contributed by atoms with Crippen LogP contribution in [0.5, 0.6) is 5.75 Å². The molecule has 0 amide bonds. The number of methoxy groups -OCH3 is 1. The molecule has 1 fully saturated rings. The first-order valence-corrected chi connectivity index (χ1v) is 4.77. The van der Waals surface area contributed by atoms with Gasteiger partial charge in [-0.05, 0) is 31.0 Å². The average molecular weight is 198 g/mol. The maximum Gasteiger partial charge on any atom is 0.137 e. The molecule has 1 saturated carbocycles. The number of nitrogens with one attached hydrogen (secondary N) is 1. The second-order valence-electron chi connectivity index (χ2n) is 3.27. The second kappa shape index (κ2) is 3.46. The van der Waals surface area contributed by atoms with Crippen LogP contribution in [-0.4, -0.2) is 13.2 Å². The van der Waals surface area contributed by atoms with Crippen LogP contribution in [-0.2, 0) is 0 Å². The summed E-state index contributed by atoms with van der Waals surface area (Å²) < 4.78 is 5.06. The van der Waals surface area contributed by atoms with Crippen molar-refractivity contribution in [3.05, 3.63) is 23.2 Å². The number of anilines is 1. The van der Waals surface area contributed by atoms with Crippen LogP contribution in [0.4, 0.5) is 5.69 Å². The molecule has 1 N–H and O–H groups in total. The van der Waals surface area contributed by atoms with Crippen LogP contribution in [0.2, 0.25) is 5.02 Å². The smallest absolute Gasteiger partial charge is 0.137 e. The largest absolute Gasteiger partial charge is 0.495 e. The second-order valence-corrected chi connectivity index (χ2v) is 3.68. The van der Waals surface area contributed by atoms with Crippen molar-refractivity contribution in [2.24, 2.45) is 0 Å². The standard InChI is InChI=1S/C10H12ClNO/c1-13-10-5-4-8(6-9(10)11)12-7-2-3-7/h4-7,12H,2-3H2,1H3. The van der Waals surface area contributed by atoms with E-state index >= 15 is 0 Å². The molecular weight excluding hydrogens is 186 g/mol. The predicted octanol–water partition coefficient (Wildman–Crippen LogP) is 2.92. The molecule has 70 valence electrons. The highest BCUT2D eigenvalue weighted by Gasteiger charge is 2.20. The van der Waals surface area contributed by atoms with Gasteiger partial charge in [-0.15, -0.1) is 0 Å². The summed E-state index contributed by atoms with van der Waals surface area (Å²) in [5.41, 5.74) is 1.08. The molecule has 0 radical (unpaired) electrons. The molecule has 0 bridgehead atoms. The first-order valence-electron chi connectivity index (χ1n) is 4.39. The minimum atomic E-state index is 0.657. The van der Waals surface area contributed by atoms with E-state index in [0.29, 0.717) is 11.1 Å². The van der Waals surface area contributed by atoms with Crippen LogP contribution in [0.1, 0.15) is 12.8 Å². The summed E-state index contributed by atoms with van der Waals surface area (Å²) in [6.07, 6.45) is 2.54. The molecule has 0 unspecified atom stereocenters. The molecule has 13 heavy (non-hydrogen) atoms. The highest BCUT2D eigenvalue weighted by molar-refractivity contribution is 6.32. The third-order valence-corrected chi connectivity index (χ3v) is 2.40. The Labute approximate surface area is 82.9 Å². The minimum Gasteiger partial charge on any atom is -0.495 e. The topological polar surface area (TPSA) is 21.3 Å². The average Bonchev–Trinajstić information content (AvgIpc) is 2.89. The number of hydrogen-bond donors (Lipinski definition) is 1. The van der Waals surface area contributed by atoms with E-state index in [1.165, 1.54) is 12.8 Å². The molecule has 1 aromatic rings. The Morgan fingerprint density at radius 1 is 1.46 bits per heavy atom. The van der Waals surface area contributed by atoms with Gasteiger partial charge in [0.1, 0.15) is 5.75 Å². The van der Waals surface area contributed by atoms with Crippen molar-refractivity contribution in [2.45, 2.75) is 18.9 Å². The van der Waals surface area contributed by atoms with E-state index in [-0.39, 0.29) is 0 Å². The Hall–Kier alpha value is -0.890. The lowest BCUT2D eigenvalue weighted by Crippen LogP contribution is -2.00. The van der Waals surface area contributed by atoms with Crippen molar-refractivity contribution >= 4 is 17.3 Å². The minimum absolute atomic E-state index is 0.657. The van der Waals surface area contributed by atoms with Crippen LogP contribution < -0.4 is 10.1 Å². The van der Waals surface area contributed by atoms with E-state index in [2.05, 4.69) is 5.32 Å². The number of ether oxygens (including phenoxy) is 1. The van der Waals surface area contributed by atoms with Gasteiger partial charge < -0.3 is 10.1 Å². The number of rotatable bonds is 3. The summed E-state index contributed by atoms with van der Waals surface area (Å²) in [5.74, 6) is 0.725. The van der Waals surface area contributed by atoms with E-state index in [4.69, 9.17) is 16.3 Å². The SMILES string of the molecule is COc1ccc(NC2CC2)cc1Cl. The summed E-state index contributed by atoms with van der Waals surface area (Å²) >= 11 is 5.97. The van der Waals surface area contributed by atoms with Gasteiger partial charge in [-0.1, -0.05) is 11.6 Å². The van der Waals surface area contributed by atoms with Crippen LogP contribution in [0.15, 0.2) is 18.2 Å². The first kappa shape index (κ1) is 8.70. The zero-order valence-corrected chi connectivity index (χ0v) is 8.27. The van der Waals surface area contributed by atoms with Crippen LogP contribution in [0.3, 0.4) is 0 Å². The van der Waals surface area contributed by atoms with Crippen molar-refractivity contribution < 1.29 is 4.74 Å². The molecule has 0 atom stereocenters. The summed E-state index contributed by atoms with van der Waals surface area (Å²) in [4.78, 5) is 0. The summed E-state index contributed by atoms with van der Waals surface area (Å²) in [6, 6.07) is 6.43. The summed E-state index contributed by atoms with van der Waals surface area (Å²) in [6.45, 7) is 0. The lowest BCUT2D eigenvalue weighted by molar-refractivity contribution is 0.415. The molecule has 1 aromatic carbocycles. The predicted molar refractivity (Wildman–Crippen MR) is 54.6 cm³/mol. The highest BCUT2D eigenvalue weighted by Crippen LogP contribution is 2.30. The van der Waals surface area contributed by atoms with E-state index in [9.17, 15) is 0 Å². The van der Waals surface area contributed by atoms with E-state index in [1.54, 1.807) is 7.11 Å². The zero-order chi connectivity index (χ0) is 9.26. The fraction of sp³-hybridized carbons (Fsp3) is 0.400. The van der Waals surface area contributed by atoms with Gasteiger partial charge in [-0.3, -0.25) is 0 Å². The van der Waals surface area contributed by atoms with Crippen molar-refractivity contribution in [3.63, 3.8) is 0 Å². The quantitative estimate of drug-likeness (QED) is 0.805. The van der Waals surface area contributed by atoms with Crippen LogP contribution >= 0.6 is 11.6 Å². The van der Waals surface area contributed by atoms with Gasteiger partial charge in [0.15, 0.2) is 0 Å². The van der Waals surface area contributed by atoms with Gasteiger partial charge in [0.2, 0.25) is 0 Å². The van der Waals surface area contributed by atoms with Crippen molar-refractivity contribution in [3.8, 4) is 5.75 Å². The maximum atomic E-state index is 5.97. The van der Waals surface area contributed by atoms with E-state index in [0.717, 1.165) is 11.4 Å². The van der Waals surface area contributed by atoms with E-state index < -0.39 is 0 Å². The molecule has 0 aromatic heterocycles. The molecule has 3 heteroatoms. The molecule has 0 spiro atoms. The van der Waals surface area contributed by atoms with Gasteiger partial charge >= 0.3 is 0 Å². The molecule has 0 saturated heterocycles. The molecule has 2 rings (SSSR count). The van der Waals surface area contributed by atoms with Gasteiger partial charge in [-0.2, -0.15) is 0 Å². The van der Waals surface area contributed by atoms with Crippen LogP contribution in [0, 0.1) is 0 Å². The normalized spacial score (nSPS) is 15.5. The van der Waals surface area contributed by atoms with Gasteiger partial charge in [-0.25, -0.2) is 0 Å². The molecule has 1 aliphatic rings. The van der Waals surface area contributed by atoms with Crippen LogP contribution in [0.25, 0.3) is 0 Å². The number of halogens is 1. The molecule has 2 nitrogen and oxygen atoms in total. The molecular formula is C10H12ClNO. The number of benzene rings is 1. The van der Waals surface area contributed by atoms with Crippen molar-refractivity contribution in [1.82, 2.24) is 0 Å². The fourth-order valence-corrected chi connectivity index (χ4v) is 1.48. The van der Waals surface area contributed by atoms with E-state index in [1.807, 2.05) is 18.2 Å². The number of hydrogen-bond acceptors (Lipinski definition) is 2. The Morgan fingerprint density at radius 2 is 2.23 bits per heavy atom. The lowest BCUT2D eigenvalue weighted by atomic mass is 10.3.